The number of H-pyrrole nitrogens is 2. The summed E-state index contributed by atoms with van der Waals surface area (Å²) in [5, 5.41) is 22.8. The maximum Gasteiger partial charge on any atom is 0.262 e. The van der Waals surface area contributed by atoms with Crippen molar-refractivity contribution in [1.29, 1.82) is 0 Å². The third-order valence-electron chi connectivity index (χ3n) is 3.64. The van der Waals surface area contributed by atoms with E-state index in [0.29, 0.717) is 16.6 Å². The zero-order valence-corrected chi connectivity index (χ0v) is 11.3. The molecule has 2 aromatic rings. The summed E-state index contributed by atoms with van der Waals surface area (Å²) in [5.41, 5.74) is 6.20. The summed E-state index contributed by atoms with van der Waals surface area (Å²) in [4.78, 5) is 21.2. The Hall–Kier alpha value is -1.94. The number of nitrogens with zero attached hydrogens (tertiary/aromatic N) is 1. The summed E-state index contributed by atoms with van der Waals surface area (Å²) >= 11 is 0. The van der Waals surface area contributed by atoms with E-state index in [4.69, 9.17) is 10.5 Å². The van der Waals surface area contributed by atoms with Crippen molar-refractivity contribution in [2.45, 2.75) is 38.0 Å². The van der Waals surface area contributed by atoms with Gasteiger partial charge in [0.15, 0.2) is 0 Å². The van der Waals surface area contributed by atoms with Gasteiger partial charge in [-0.25, -0.2) is 0 Å². The topological polar surface area (TPSA) is 149 Å². The van der Waals surface area contributed by atoms with Crippen LogP contribution in [0.1, 0.15) is 12.5 Å². The van der Waals surface area contributed by atoms with Crippen LogP contribution < -0.4 is 16.6 Å². The van der Waals surface area contributed by atoms with E-state index in [9.17, 15) is 15.0 Å². The van der Waals surface area contributed by atoms with Crippen molar-refractivity contribution in [3.05, 3.63) is 22.1 Å². The highest BCUT2D eigenvalue weighted by Crippen LogP contribution is 2.20. The molecule has 2 aromatic heterocycles. The molecule has 0 radical (unpaired) electrons. The van der Waals surface area contributed by atoms with Crippen molar-refractivity contribution in [3.8, 4) is 0 Å². The molecule has 0 aliphatic carbocycles. The summed E-state index contributed by atoms with van der Waals surface area (Å²) in [6.45, 7) is 1.95. The third kappa shape index (κ3) is 2.40. The first-order valence-corrected chi connectivity index (χ1v) is 6.58. The number of hydrogen-bond acceptors (Lipinski definition) is 7. The summed E-state index contributed by atoms with van der Waals surface area (Å²) in [5.74, 6) is 0.0420. The van der Waals surface area contributed by atoms with E-state index in [1.54, 1.807) is 13.1 Å². The minimum atomic E-state index is -1.02. The average molecular weight is 295 g/mol. The fraction of sp³-hybridized carbons (Fsp3) is 0.500. The standard InChI is InChI=1S/C12H17N5O4/c1-4-7(18)8(19)11(21-4)15-3-5-2-14-9-6(5)10(20)17-12(13)16-9/h2,4,7-8,11,15,18-19H,3H2,1H3,(H4,13,14,16,17,20). The second kappa shape index (κ2) is 5.11. The van der Waals surface area contributed by atoms with Gasteiger partial charge in [-0.1, -0.05) is 0 Å². The number of ether oxygens (including phenoxy) is 1. The largest absolute Gasteiger partial charge is 0.388 e. The highest BCUT2D eigenvalue weighted by Gasteiger charge is 2.39. The minimum absolute atomic E-state index is 0.0420. The van der Waals surface area contributed by atoms with Crippen LogP contribution in [-0.2, 0) is 11.3 Å². The number of fused-ring (bicyclic) bond motifs is 1. The number of nitrogens with two attached hydrogens (primary N) is 1. The number of aromatic amines is 2. The summed E-state index contributed by atoms with van der Waals surface area (Å²) < 4.78 is 5.40. The Morgan fingerprint density at radius 3 is 2.90 bits per heavy atom. The molecule has 1 aliphatic heterocycles. The molecule has 21 heavy (non-hydrogen) atoms. The van der Waals surface area contributed by atoms with Crippen LogP contribution in [0.5, 0.6) is 0 Å². The van der Waals surface area contributed by atoms with Gasteiger partial charge < -0.3 is 25.7 Å². The molecule has 9 heteroatoms. The fourth-order valence-electron chi connectivity index (χ4n) is 2.49. The Kier molecular flexibility index (Phi) is 3.41. The molecule has 7 N–H and O–H groups in total. The Morgan fingerprint density at radius 1 is 1.48 bits per heavy atom. The molecule has 0 spiro atoms. The molecule has 4 atom stereocenters. The molecule has 1 saturated heterocycles. The van der Waals surface area contributed by atoms with Gasteiger partial charge in [0.25, 0.3) is 5.56 Å². The van der Waals surface area contributed by atoms with Gasteiger partial charge in [-0.3, -0.25) is 15.1 Å². The summed E-state index contributed by atoms with van der Waals surface area (Å²) in [7, 11) is 0. The van der Waals surface area contributed by atoms with Gasteiger partial charge in [0.2, 0.25) is 5.95 Å². The second-order valence-electron chi connectivity index (χ2n) is 5.11. The van der Waals surface area contributed by atoms with E-state index in [-0.39, 0.29) is 18.1 Å². The van der Waals surface area contributed by atoms with Gasteiger partial charge in [0, 0.05) is 12.7 Å². The van der Waals surface area contributed by atoms with Crippen molar-refractivity contribution in [2.75, 3.05) is 5.73 Å². The average Bonchev–Trinajstić information content (AvgIpc) is 2.93. The molecular formula is C12H17N5O4. The van der Waals surface area contributed by atoms with Gasteiger partial charge in [-0.15, -0.1) is 0 Å². The first kappa shape index (κ1) is 14.0. The molecule has 114 valence electrons. The Morgan fingerprint density at radius 2 is 2.24 bits per heavy atom. The SMILES string of the molecule is CC1OC(NCc2c[nH]c3nc(N)[nH]c(=O)c23)C(O)C1O. The van der Waals surface area contributed by atoms with Crippen LogP contribution in [0, 0.1) is 0 Å². The van der Waals surface area contributed by atoms with Crippen molar-refractivity contribution >= 4 is 17.0 Å². The molecule has 0 amide bonds. The van der Waals surface area contributed by atoms with E-state index >= 15 is 0 Å². The molecule has 9 nitrogen and oxygen atoms in total. The quantitative estimate of drug-likeness (QED) is 0.399. The molecule has 3 heterocycles. The van der Waals surface area contributed by atoms with E-state index in [1.165, 1.54) is 0 Å². The lowest BCUT2D eigenvalue weighted by Gasteiger charge is -2.15. The molecule has 1 fully saturated rings. The van der Waals surface area contributed by atoms with Crippen molar-refractivity contribution in [2.24, 2.45) is 0 Å². The molecule has 3 rings (SSSR count). The Labute approximate surface area is 119 Å². The van der Waals surface area contributed by atoms with E-state index < -0.39 is 24.5 Å². The van der Waals surface area contributed by atoms with Crippen molar-refractivity contribution in [3.63, 3.8) is 0 Å². The molecule has 0 aromatic carbocycles. The number of nitrogen functional groups attached to an aromatic ring is 1. The Balaban J connectivity index is 1.79. The maximum atomic E-state index is 11.9. The lowest BCUT2D eigenvalue weighted by atomic mass is 10.1. The number of aliphatic hydroxyl groups is 2. The number of nitrogens with one attached hydrogen (secondary N) is 3. The third-order valence-corrected chi connectivity index (χ3v) is 3.64. The second-order valence-corrected chi connectivity index (χ2v) is 5.11. The number of anilines is 1. The highest BCUT2D eigenvalue weighted by atomic mass is 16.6. The smallest absolute Gasteiger partial charge is 0.262 e. The molecule has 0 bridgehead atoms. The van der Waals surface area contributed by atoms with Crippen LogP contribution in [0.3, 0.4) is 0 Å². The number of hydrogen-bond donors (Lipinski definition) is 6. The first-order valence-electron chi connectivity index (χ1n) is 6.58. The van der Waals surface area contributed by atoms with Crippen LogP contribution >= 0.6 is 0 Å². The lowest BCUT2D eigenvalue weighted by molar-refractivity contribution is -0.00625. The van der Waals surface area contributed by atoms with Crippen molar-refractivity contribution in [1.82, 2.24) is 20.3 Å². The molecule has 1 aliphatic rings. The normalized spacial score (nSPS) is 29.3. The Bertz CT molecular complexity index is 711. The van der Waals surface area contributed by atoms with Gasteiger partial charge in [0.05, 0.1) is 11.5 Å². The van der Waals surface area contributed by atoms with Crippen LogP contribution in [0.25, 0.3) is 11.0 Å². The van der Waals surface area contributed by atoms with Crippen LogP contribution in [0.15, 0.2) is 11.0 Å². The van der Waals surface area contributed by atoms with Crippen LogP contribution in [0.2, 0.25) is 0 Å². The highest BCUT2D eigenvalue weighted by molar-refractivity contribution is 5.79. The molecular weight excluding hydrogens is 278 g/mol. The first-order chi connectivity index (χ1) is 9.97. The zero-order valence-electron chi connectivity index (χ0n) is 11.3. The summed E-state index contributed by atoms with van der Waals surface area (Å²) in [6, 6.07) is 0. The fourth-order valence-corrected chi connectivity index (χ4v) is 2.49. The number of aliphatic hydroxyl groups excluding tert-OH is 2. The molecule has 0 saturated carbocycles. The number of aromatic nitrogens is 3. The van der Waals surface area contributed by atoms with Gasteiger partial charge in [-0.2, -0.15) is 4.98 Å². The number of rotatable bonds is 3. The van der Waals surface area contributed by atoms with Crippen LogP contribution in [-0.4, -0.2) is 49.7 Å². The summed E-state index contributed by atoms with van der Waals surface area (Å²) in [6.07, 6.45) is -1.46. The minimum Gasteiger partial charge on any atom is -0.388 e. The van der Waals surface area contributed by atoms with Crippen molar-refractivity contribution < 1.29 is 14.9 Å². The monoisotopic (exact) mass is 295 g/mol. The predicted molar refractivity (Wildman–Crippen MR) is 74.3 cm³/mol. The zero-order chi connectivity index (χ0) is 15.1. The van der Waals surface area contributed by atoms with Gasteiger partial charge >= 0.3 is 0 Å². The van der Waals surface area contributed by atoms with Gasteiger partial charge in [-0.05, 0) is 12.5 Å². The van der Waals surface area contributed by atoms with Gasteiger partial charge in [0.1, 0.15) is 24.1 Å². The maximum absolute atomic E-state index is 11.9. The van der Waals surface area contributed by atoms with E-state index in [0.717, 1.165) is 0 Å². The lowest BCUT2D eigenvalue weighted by Crippen LogP contribution is -2.40. The predicted octanol–water partition coefficient (Wildman–Crippen LogP) is -1.61. The van der Waals surface area contributed by atoms with E-state index in [2.05, 4.69) is 20.3 Å². The molecule has 4 unspecified atom stereocenters. The van der Waals surface area contributed by atoms with Crippen LogP contribution in [0.4, 0.5) is 5.95 Å². The van der Waals surface area contributed by atoms with E-state index in [1.807, 2.05) is 0 Å².